The van der Waals surface area contributed by atoms with Crippen molar-refractivity contribution < 1.29 is 4.74 Å². The molecule has 0 saturated carbocycles. The summed E-state index contributed by atoms with van der Waals surface area (Å²) in [5.41, 5.74) is 6.92. The molecule has 0 bridgehead atoms. The molecule has 0 fully saturated rings. The van der Waals surface area contributed by atoms with Gasteiger partial charge < -0.3 is 15.8 Å². The van der Waals surface area contributed by atoms with Gasteiger partial charge in [-0.25, -0.2) is 0 Å². The van der Waals surface area contributed by atoms with Crippen LogP contribution in [0.5, 0.6) is 5.75 Å². The van der Waals surface area contributed by atoms with Gasteiger partial charge in [0.05, 0.1) is 7.11 Å². The standard InChI is InChI=1S/C11H18N2O/c1-13-8-10(7-12)9-4-3-5-11(6-9)14-2/h3-6,10,13H,7-8,12H2,1-2H3. The molecule has 1 aromatic carbocycles. The molecule has 0 aliphatic rings. The summed E-state index contributed by atoms with van der Waals surface area (Å²) in [5.74, 6) is 1.24. The normalized spacial score (nSPS) is 12.5. The van der Waals surface area contributed by atoms with Crippen molar-refractivity contribution in [2.75, 3.05) is 27.2 Å². The fourth-order valence-corrected chi connectivity index (χ4v) is 1.48. The molecule has 14 heavy (non-hydrogen) atoms. The van der Waals surface area contributed by atoms with Crippen LogP contribution in [-0.4, -0.2) is 27.2 Å². The van der Waals surface area contributed by atoms with Crippen LogP contribution in [0.25, 0.3) is 0 Å². The quantitative estimate of drug-likeness (QED) is 0.734. The summed E-state index contributed by atoms with van der Waals surface area (Å²) in [6.07, 6.45) is 0. The Morgan fingerprint density at radius 1 is 1.50 bits per heavy atom. The number of nitrogens with two attached hydrogens (primary N) is 1. The lowest BCUT2D eigenvalue weighted by atomic mass is 9.99. The van der Waals surface area contributed by atoms with Crippen LogP contribution in [0.4, 0.5) is 0 Å². The fraction of sp³-hybridized carbons (Fsp3) is 0.455. The van der Waals surface area contributed by atoms with Crippen molar-refractivity contribution in [3.63, 3.8) is 0 Å². The van der Waals surface area contributed by atoms with E-state index in [0.29, 0.717) is 12.5 Å². The molecule has 3 N–H and O–H groups in total. The number of ether oxygens (including phenoxy) is 1. The van der Waals surface area contributed by atoms with Gasteiger partial charge in [0.1, 0.15) is 5.75 Å². The molecule has 0 heterocycles. The minimum atomic E-state index is 0.357. The summed E-state index contributed by atoms with van der Waals surface area (Å²) in [4.78, 5) is 0. The molecule has 1 aromatic rings. The Balaban J connectivity index is 2.80. The predicted octanol–water partition coefficient (Wildman–Crippen LogP) is 0.957. The molecule has 0 aliphatic carbocycles. The number of hydrogen-bond donors (Lipinski definition) is 2. The molecule has 3 heteroatoms. The Kier molecular flexibility index (Phi) is 4.43. The summed E-state index contributed by atoms with van der Waals surface area (Å²) < 4.78 is 5.17. The summed E-state index contributed by atoms with van der Waals surface area (Å²) in [5, 5.41) is 3.13. The van der Waals surface area contributed by atoms with Crippen molar-refractivity contribution in [2.45, 2.75) is 5.92 Å². The first kappa shape index (κ1) is 11.0. The maximum atomic E-state index is 5.70. The van der Waals surface area contributed by atoms with Crippen LogP contribution in [0.2, 0.25) is 0 Å². The highest BCUT2D eigenvalue weighted by Crippen LogP contribution is 2.19. The molecule has 0 aliphatic heterocycles. The van der Waals surface area contributed by atoms with Crippen LogP contribution in [0, 0.1) is 0 Å². The molecule has 3 nitrogen and oxygen atoms in total. The molecule has 0 spiro atoms. The lowest BCUT2D eigenvalue weighted by Gasteiger charge is -2.15. The van der Waals surface area contributed by atoms with E-state index in [1.54, 1.807) is 7.11 Å². The second kappa shape index (κ2) is 5.62. The van der Waals surface area contributed by atoms with Crippen molar-refractivity contribution in [3.05, 3.63) is 29.8 Å². The SMILES string of the molecule is CNCC(CN)c1cccc(OC)c1. The van der Waals surface area contributed by atoms with Gasteiger partial charge in [-0.3, -0.25) is 0 Å². The Morgan fingerprint density at radius 3 is 2.86 bits per heavy atom. The number of benzene rings is 1. The lowest BCUT2D eigenvalue weighted by Crippen LogP contribution is -2.23. The number of rotatable bonds is 5. The van der Waals surface area contributed by atoms with E-state index in [-0.39, 0.29) is 0 Å². The van der Waals surface area contributed by atoms with Crippen molar-refractivity contribution >= 4 is 0 Å². The third-order valence-electron chi connectivity index (χ3n) is 2.30. The topological polar surface area (TPSA) is 47.3 Å². The maximum absolute atomic E-state index is 5.70. The molecule has 1 rings (SSSR count). The van der Waals surface area contributed by atoms with E-state index in [2.05, 4.69) is 11.4 Å². The minimum Gasteiger partial charge on any atom is -0.497 e. The van der Waals surface area contributed by atoms with Crippen molar-refractivity contribution in [3.8, 4) is 5.75 Å². The van der Waals surface area contributed by atoms with E-state index in [1.807, 2.05) is 25.2 Å². The van der Waals surface area contributed by atoms with Crippen molar-refractivity contribution in [1.29, 1.82) is 0 Å². The number of nitrogens with one attached hydrogen (secondary N) is 1. The second-order valence-corrected chi connectivity index (χ2v) is 3.27. The third kappa shape index (κ3) is 2.72. The van der Waals surface area contributed by atoms with E-state index in [4.69, 9.17) is 10.5 Å². The Labute approximate surface area is 85.3 Å². The van der Waals surface area contributed by atoms with E-state index in [1.165, 1.54) is 5.56 Å². The van der Waals surface area contributed by atoms with E-state index >= 15 is 0 Å². The van der Waals surface area contributed by atoms with Crippen molar-refractivity contribution in [1.82, 2.24) is 5.32 Å². The number of hydrogen-bond acceptors (Lipinski definition) is 3. The molecule has 0 saturated heterocycles. The first-order chi connectivity index (χ1) is 6.81. The van der Waals surface area contributed by atoms with Crippen LogP contribution in [-0.2, 0) is 0 Å². The van der Waals surface area contributed by atoms with Crippen LogP contribution in [0.15, 0.2) is 24.3 Å². The zero-order chi connectivity index (χ0) is 10.4. The molecular formula is C11H18N2O. The van der Waals surface area contributed by atoms with Gasteiger partial charge in [0.2, 0.25) is 0 Å². The van der Waals surface area contributed by atoms with Gasteiger partial charge >= 0.3 is 0 Å². The van der Waals surface area contributed by atoms with Crippen LogP contribution >= 0.6 is 0 Å². The van der Waals surface area contributed by atoms with Crippen molar-refractivity contribution in [2.24, 2.45) is 5.73 Å². The smallest absolute Gasteiger partial charge is 0.119 e. The molecule has 0 amide bonds. The van der Waals surface area contributed by atoms with Crippen LogP contribution in [0.3, 0.4) is 0 Å². The van der Waals surface area contributed by atoms with Gasteiger partial charge in [0.15, 0.2) is 0 Å². The largest absolute Gasteiger partial charge is 0.497 e. The Hall–Kier alpha value is -1.06. The highest BCUT2D eigenvalue weighted by atomic mass is 16.5. The molecule has 78 valence electrons. The average molecular weight is 194 g/mol. The van der Waals surface area contributed by atoms with Gasteiger partial charge in [-0.15, -0.1) is 0 Å². The molecule has 0 aromatic heterocycles. The first-order valence-electron chi connectivity index (χ1n) is 4.80. The zero-order valence-electron chi connectivity index (χ0n) is 8.79. The molecule has 0 radical (unpaired) electrons. The number of methoxy groups -OCH3 is 1. The second-order valence-electron chi connectivity index (χ2n) is 3.27. The summed E-state index contributed by atoms with van der Waals surface area (Å²) in [6.45, 7) is 1.54. The van der Waals surface area contributed by atoms with Gasteiger partial charge in [0, 0.05) is 19.0 Å². The summed E-state index contributed by atoms with van der Waals surface area (Å²) in [7, 11) is 3.61. The summed E-state index contributed by atoms with van der Waals surface area (Å²) >= 11 is 0. The van der Waals surface area contributed by atoms with Crippen LogP contribution in [0.1, 0.15) is 11.5 Å². The van der Waals surface area contributed by atoms with Gasteiger partial charge in [0.25, 0.3) is 0 Å². The molecule has 1 atom stereocenters. The fourth-order valence-electron chi connectivity index (χ4n) is 1.48. The summed E-state index contributed by atoms with van der Waals surface area (Å²) in [6, 6.07) is 8.05. The van der Waals surface area contributed by atoms with Crippen LogP contribution < -0.4 is 15.8 Å². The zero-order valence-corrected chi connectivity index (χ0v) is 8.79. The highest BCUT2D eigenvalue weighted by Gasteiger charge is 2.08. The predicted molar refractivity (Wildman–Crippen MR) is 58.7 cm³/mol. The van der Waals surface area contributed by atoms with Gasteiger partial charge in [-0.05, 0) is 24.7 Å². The average Bonchev–Trinajstić information content (AvgIpc) is 2.26. The van der Waals surface area contributed by atoms with E-state index < -0.39 is 0 Å². The maximum Gasteiger partial charge on any atom is 0.119 e. The Bertz CT molecular complexity index is 276. The Morgan fingerprint density at radius 2 is 2.29 bits per heavy atom. The molecular weight excluding hydrogens is 176 g/mol. The number of likely N-dealkylation sites (N-methyl/N-ethyl adjacent to an activating group) is 1. The molecule has 1 unspecified atom stereocenters. The van der Waals surface area contributed by atoms with E-state index in [0.717, 1.165) is 12.3 Å². The third-order valence-corrected chi connectivity index (χ3v) is 2.30. The highest BCUT2D eigenvalue weighted by molar-refractivity contribution is 5.31. The first-order valence-corrected chi connectivity index (χ1v) is 4.80. The minimum absolute atomic E-state index is 0.357. The van der Waals surface area contributed by atoms with Gasteiger partial charge in [-0.1, -0.05) is 12.1 Å². The van der Waals surface area contributed by atoms with E-state index in [9.17, 15) is 0 Å². The monoisotopic (exact) mass is 194 g/mol. The lowest BCUT2D eigenvalue weighted by molar-refractivity contribution is 0.413. The van der Waals surface area contributed by atoms with Gasteiger partial charge in [-0.2, -0.15) is 0 Å².